The van der Waals surface area contributed by atoms with E-state index in [4.69, 9.17) is 5.73 Å². The number of pyridine rings is 1. The van der Waals surface area contributed by atoms with Crippen LogP contribution in [-0.2, 0) is 6.42 Å². The molecule has 1 aromatic carbocycles. The molecule has 0 aliphatic heterocycles. The maximum atomic E-state index is 10.1. The molecule has 0 atom stereocenters. The number of hydrogen-bond acceptors (Lipinski definition) is 3. The van der Waals surface area contributed by atoms with Crippen molar-refractivity contribution in [3.8, 4) is 5.75 Å². The van der Waals surface area contributed by atoms with Crippen LogP contribution in [0.4, 0.5) is 0 Å². The van der Waals surface area contributed by atoms with Crippen molar-refractivity contribution < 1.29 is 5.11 Å². The molecule has 0 radical (unpaired) electrons. The zero-order valence-electron chi connectivity index (χ0n) is 10.2. The van der Waals surface area contributed by atoms with Crippen molar-refractivity contribution in [3.63, 3.8) is 0 Å². The van der Waals surface area contributed by atoms with Gasteiger partial charge in [0.2, 0.25) is 0 Å². The van der Waals surface area contributed by atoms with Crippen LogP contribution < -0.4 is 5.73 Å². The Morgan fingerprint density at radius 1 is 1.39 bits per heavy atom. The third-order valence-corrected chi connectivity index (χ3v) is 3.21. The summed E-state index contributed by atoms with van der Waals surface area (Å²) < 4.78 is 1.93. The lowest BCUT2D eigenvalue weighted by atomic mass is 10.1. The second kappa shape index (κ2) is 3.99. The van der Waals surface area contributed by atoms with Gasteiger partial charge in [-0.2, -0.15) is 0 Å². The zero-order chi connectivity index (χ0) is 12.7. The molecule has 0 aliphatic rings. The molecule has 2 heterocycles. The molecule has 0 unspecified atom stereocenters. The van der Waals surface area contributed by atoms with Crippen molar-refractivity contribution in [3.05, 3.63) is 41.7 Å². The summed E-state index contributed by atoms with van der Waals surface area (Å²) in [6.45, 7) is 2.60. The Labute approximate surface area is 105 Å². The average Bonchev–Trinajstić information content (AvgIpc) is 2.72. The predicted octanol–water partition coefficient (Wildman–Crippen LogP) is 2.00. The van der Waals surface area contributed by atoms with Crippen LogP contribution in [0, 0.1) is 6.92 Å². The average molecular weight is 241 g/mol. The highest BCUT2D eigenvalue weighted by Crippen LogP contribution is 2.28. The molecular weight excluding hydrogens is 226 g/mol. The highest BCUT2D eigenvalue weighted by molar-refractivity contribution is 5.90. The number of aromatic nitrogens is 2. The van der Waals surface area contributed by atoms with Gasteiger partial charge in [0.05, 0.1) is 11.2 Å². The standard InChI is InChI=1S/C14H15N3O/c1-9-7-13-16-10(5-6-15)8-17(13)14-11(9)3-2-4-12(14)18/h2-4,7-8,18H,5-6,15H2,1H3. The van der Waals surface area contributed by atoms with Gasteiger partial charge in [-0.3, -0.25) is 4.40 Å². The van der Waals surface area contributed by atoms with Crippen LogP contribution in [0.5, 0.6) is 5.75 Å². The maximum Gasteiger partial charge on any atom is 0.140 e. The third kappa shape index (κ3) is 1.54. The molecule has 3 rings (SSSR count). The van der Waals surface area contributed by atoms with Gasteiger partial charge in [-0.1, -0.05) is 12.1 Å². The normalized spacial score (nSPS) is 11.4. The van der Waals surface area contributed by atoms with Gasteiger partial charge in [0.25, 0.3) is 0 Å². The lowest BCUT2D eigenvalue weighted by Gasteiger charge is -2.06. The third-order valence-electron chi connectivity index (χ3n) is 3.21. The number of phenolic OH excluding ortho intramolecular Hbond substituents is 1. The molecule has 4 heteroatoms. The molecule has 0 fully saturated rings. The number of hydrogen-bond donors (Lipinski definition) is 2. The van der Waals surface area contributed by atoms with Crippen LogP contribution in [0.25, 0.3) is 16.6 Å². The topological polar surface area (TPSA) is 63.5 Å². The van der Waals surface area contributed by atoms with Gasteiger partial charge in [-0.25, -0.2) is 4.98 Å². The summed E-state index contributed by atoms with van der Waals surface area (Å²) in [4.78, 5) is 4.53. The summed E-state index contributed by atoms with van der Waals surface area (Å²) in [6, 6.07) is 7.59. The highest BCUT2D eigenvalue weighted by Gasteiger charge is 2.10. The summed E-state index contributed by atoms with van der Waals surface area (Å²) >= 11 is 0. The number of nitrogens with zero attached hydrogens (tertiary/aromatic N) is 2. The van der Waals surface area contributed by atoms with Gasteiger partial charge in [0, 0.05) is 18.0 Å². The molecule has 0 amide bonds. The second-order valence-electron chi connectivity index (χ2n) is 4.50. The number of fused-ring (bicyclic) bond motifs is 3. The minimum absolute atomic E-state index is 0.276. The largest absolute Gasteiger partial charge is 0.506 e. The van der Waals surface area contributed by atoms with Gasteiger partial charge in [0.1, 0.15) is 11.4 Å². The number of aryl methyl sites for hydroxylation is 1. The highest BCUT2D eigenvalue weighted by atomic mass is 16.3. The van der Waals surface area contributed by atoms with E-state index in [1.165, 1.54) is 0 Å². The summed E-state index contributed by atoms with van der Waals surface area (Å²) in [5, 5.41) is 11.1. The van der Waals surface area contributed by atoms with Crippen LogP contribution in [-0.4, -0.2) is 21.0 Å². The molecule has 0 saturated carbocycles. The molecule has 0 saturated heterocycles. The predicted molar refractivity (Wildman–Crippen MR) is 71.9 cm³/mol. The van der Waals surface area contributed by atoms with E-state index in [-0.39, 0.29) is 5.75 Å². The van der Waals surface area contributed by atoms with Crippen LogP contribution in [0.3, 0.4) is 0 Å². The van der Waals surface area contributed by atoms with Gasteiger partial charge in [-0.05, 0) is 31.2 Å². The smallest absolute Gasteiger partial charge is 0.140 e. The number of nitrogens with two attached hydrogens (primary N) is 1. The van der Waals surface area contributed by atoms with E-state index >= 15 is 0 Å². The van der Waals surface area contributed by atoms with E-state index in [9.17, 15) is 5.11 Å². The van der Waals surface area contributed by atoms with E-state index in [1.54, 1.807) is 6.07 Å². The summed E-state index contributed by atoms with van der Waals surface area (Å²) in [5.41, 5.74) is 9.28. The van der Waals surface area contributed by atoms with Gasteiger partial charge >= 0.3 is 0 Å². The van der Waals surface area contributed by atoms with Gasteiger partial charge in [-0.15, -0.1) is 0 Å². The van der Waals surface area contributed by atoms with Crippen LogP contribution >= 0.6 is 0 Å². The Bertz CT molecular complexity index is 731. The van der Waals surface area contributed by atoms with Crippen LogP contribution in [0.2, 0.25) is 0 Å². The number of imidazole rings is 1. The van der Waals surface area contributed by atoms with E-state index < -0.39 is 0 Å². The first-order chi connectivity index (χ1) is 8.70. The molecule has 0 bridgehead atoms. The van der Waals surface area contributed by atoms with Crippen molar-refractivity contribution in [2.75, 3.05) is 6.54 Å². The van der Waals surface area contributed by atoms with Crippen molar-refractivity contribution in [2.24, 2.45) is 5.73 Å². The van der Waals surface area contributed by atoms with E-state index in [0.29, 0.717) is 6.54 Å². The molecule has 92 valence electrons. The van der Waals surface area contributed by atoms with E-state index in [1.807, 2.05) is 35.7 Å². The first kappa shape index (κ1) is 11.0. The van der Waals surface area contributed by atoms with E-state index in [2.05, 4.69) is 4.98 Å². The van der Waals surface area contributed by atoms with Gasteiger partial charge in [0.15, 0.2) is 0 Å². The first-order valence-electron chi connectivity index (χ1n) is 6.00. The maximum absolute atomic E-state index is 10.1. The summed E-state index contributed by atoms with van der Waals surface area (Å²) in [5.74, 6) is 0.276. The summed E-state index contributed by atoms with van der Waals surface area (Å²) in [6.07, 6.45) is 2.69. The monoisotopic (exact) mass is 241 g/mol. The van der Waals surface area contributed by atoms with Crippen molar-refractivity contribution in [2.45, 2.75) is 13.3 Å². The number of benzene rings is 1. The Kier molecular flexibility index (Phi) is 2.45. The molecule has 3 N–H and O–H groups in total. The lowest BCUT2D eigenvalue weighted by molar-refractivity contribution is 0.480. The number of aromatic hydroxyl groups is 1. The minimum atomic E-state index is 0.276. The fourth-order valence-corrected chi connectivity index (χ4v) is 2.37. The quantitative estimate of drug-likeness (QED) is 0.721. The minimum Gasteiger partial charge on any atom is -0.506 e. The molecule has 0 aliphatic carbocycles. The van der Waals surface area contributed by atoms with Crippen molar-refractivity contribution in [1.82, 2.24) is 9.38 Å². The van der Waals surface area contributed by atoms with Crippen molar-refractivity contribution >= 4 is 16.6 Å². The Morgan fingerprint density at radius 2 is 2.22 bits per heavy atom. The molecular formula is C14H15N3O. The SMILES string of the molecule is Cc1cc2nc(CCN)cn2c2c(O)cccc12. The molecule has 4 nitrogen and oxygen atoms in total. The Hall–Kier alpha value is -2.07. The van der Waals surface area contributed by atoms with Crippen LogP contribution in [0.1, 0.15) is 11.3 Å². The number of para-hydroxylation sites is 1. The second-order valence-corrected chi connectivity index (χ2v) is 4.50. The van der Waals surface area contributed by atoms with Gasteiger partial charge < -0.3 is 10.8 Å². The Morgan fingerprint density at radius 3 is 3.00 bits per heavy atom. The molecule has 0 spiro atoms. The summed E-state index contributed by atoms with van der Waals surface area (Å²) in [7, 11) is 0. The zero-order valence-corrected chi connectivity index (χ0v) is 10.2. The molecule has 2 aromatic heterocycles. The van der Waals surface area contributed by atoms with Crippen LogP contribution in [0.15, 0.2) is 30.5 Å². The Balaban J connectivity index is 2.43. The number of phenols is 1. The van der Waals surface area contributed by atoms with Crippen molar-refractivity contribution in [1.29, 1.82) is 0 Å². The molecule has 18 heavy (non-hydrogen) atoms. The fourth-order valence-electron chi connectivity index (χ4n) is 2.37. The first-order valence-corrected chi connectivity index (χ1v) is 6.00. The number of rotatable bonds is 2. The van der Waals surface area contributed by atoms with E-state index in [0.717, 1.165) is 34.2 Å². The fraction of sp³-hybridized carbons (Fsp3) is 0.214. The molecule has 3 aromatic rings. The lowest BCUT2D eigenvalue weighted by Crippen LogP contribution is -2.02.